The maximum absolute atomic E-state index is 5.92. The first-order valence-corrected chi connectivity index (χ1v) is 5.36. The van der Waals surface area contributed by atoms with Crippen molar-refractivity contribution in [3.63, 3.8) is 0 Å². The lowest BCUT2D eigenvalue weighted by Gasteiger charge is -2.10. The largest absolute Gasteiger partial charge is 0.382 e. The van der Waals surface area contributed by atoms with Gasteiger partial charge in [0.25, 0.3) is 0 Å². The van der Waals surface area contributed by atoms with E-state index in [9.17, 15) is 0 Å². The van der Waals surface area contributed by atoms with Crippen molar-refractivity contribution in [3.8, 4) is 11.1 Å². The van der Waals surface area contributed by atoms with E-state index in [0.717, 1.165) is 5.56 Å². The van der Waals surface area contributed by atoms with Gasteiger partial charge in [0.05, 0.1) is 0 Å². The molecule has 3 nitrogen and oxygen atoms in total. The third-order valence-corrected chi connectivity index (χ3v) is 2.80. The van der Waals surface area contributed by atoms with Gasteiger partial charge in [-0.15, -0.1) is 0 Å². The summed E-state index contributed by atoms with van der Waals surface area (Å²) in [4.78, 5) is 0. The topological polar surface area (TPSA) is 43.8 Å². The van der Waals surface area contributed by atoms with Crippen LogP contribution in [0, 0.1) is 20.8 Å². The van der Waals surface area contributed by atoms with Gasteiger partial charge in [-0.05, 0) is 37.5 Å². The summed E-state index contributed by atoms with van der Waals surface area (Å²) in [6, 6.07) is 4.35. The van der Waals surface area contributed by atoms with Gasteiger partial charge < -0.3 is 5.73 Å². The van der Waals surface area contributed by atoms with E-state index in [-0.39, 0.29) is 0 Å². The molecule has 0 aliphatic heterocycles. The molecule has 3 heteroatoms. The number of rotatable bonds is 1. The number of nitrogen functional groups attached to an aromatic ring is 1. The van der Waals surface area contributed by atoms with Gasteiger partial charge in [0.15, 0.2) is 5.82 Å². The van der Waals surface area contributed by atoms with Gasteiger partial charge in [0.2, 0.25) is 0 Å². The Kier molecular flexibility index (Phi) is 2.46. The van der Waals surface area contributed by atoms with Crippen LogP contribution in [-0.4, -0.2) is 9.78 Å². The highest BCUT2D eigenvalue weighted by Crippen LogP contribution is 2.31. The van der Waals surface area contributed by atoms with Crippen molar-refractivity contribution >= 4 is 5.82 Å². The average molecular weight is 215 g/mol. The van der Waals surface area contributed by atoms with Crippen molar-refractivity contribution in [2.75, 3.05) is 5.73 Å². The number of anilines is 1. The van der Waals surface area contributed by atoms with E-state index in [1.54, 1.807) is 4.68 Å². The van der Waals surface area contributed by atoms with E-state index >= 15 is 0 Å². The molecule has 1 aromatic heterocycles. The second-order valence-electron chi connectivity index (χ2n) is 4.38. The Bertz CT molecular complexity index is 515. The minimum Gasteiger partial charge on any atom is -0.382 e. The van der Waals surface area contributed by atoms with Crippen LogP contribution in [0.25, 0.3) is 11.1 Å². The van der Waals surface area contributed by atoms with E-state index in [1.807, 2.05) is 13.2 Å². The van der Waals surface area contributed by atoms with Crippen LogP contribution in [-0.2, 0) is 7.05 Å². The summed E-state index contributed by atoms with van der Waals surface area (Å²) in [7, 11) is 1.89. The van der Waals surface area contributed by atoms with Crippen LogP contribution in [0.3, 0.4) is 0 Å². The molecule has 1 aromatic carbocycles. The van der Waals surface area contributed by atoms with Crippen LogP contribution in [0.5, 0.6) is 0 Å². The van der Waals surface area contributed by atoms with Crippen LogP contribution in [0.1, 0.15) is 16.7 Å². The Morgan fingerprint density at radius 2 is 1.69 bits per heavy atom. The monoisotopic (exact) mass is 215 g/mol. The lowest BCUT2D eigenvalue weighted by atomic mass is 9.95. The van der Waals surface area contributed by atoms with Gasteiger partial charge in [-0.2, -0.15) is 5.10 Å². The zero-order valence-electron chi connectivity index (χ0n) is 10.2. The van der Waals surface area contributed by atoms with E-state index in [4.69, 9.17) is 5.73 Å². The summed E-state index contributed by atoms with van der Waals surface area (Å²) in [5, 5.41) is 4.19. The maximum Gasteiger partial charge on any atom is 0.153 e. The number of aryl methyl sites for hydroxylation is 4. The third-order valence-electron chi connectivity index (χ3n) is 2.80. The molecule has 16 heavy (non-hydrogen) atoms. The fourth-order valence-electron chi connectivity index (χ4n) is 2.30. The maximum atomic E-state index is 5.92. The van der Waals surface area contributed by atoms with Crippen LogP contribution in [0.2, 0.25) is 0 Å². The van der Waals surface area contributed by atoms with Crippen LogP contribution >= 0.6 is 0 Å². The third kappa shape index (κ3) is 1.69. The molecule has 0 saturated carbocycles. The summed E-state index contributed by atoms with van der Waals surface area (Å²) in [6.07, 6.45) is 1.97. The molecule has 0 aliphatic rings. The Balaban J connectivity index is 2.69. The molecule has 0 amide bonds. The van der Waals surface area contributed by atoms with E-state index in [2.05, 4.69) is 38.0 Å². The summed E-state index contributed by atoms with van der Waals surface area (Å²) >= 11 is 0. The summed E-state index contributed by atoms with van der Waals surface area (Å²) < 4.78 is 1.75. The Morgan fingerprint density at radius 3 is 2.12 bits per heavy atom. The molecule has 0 fully saturated rings. The zero-order chi connectivity index (χ0) is 11.9. The Morgan fingerprint density at radius 1 is 1.12 bits per heavy atom. The van der Waals surface area contributed by atoms with Gasteiger partial charge in [0, 0.05) is 18.8 Å². The minimum absolute atomic E-state index is 0.595. The quantitative estimate of drug-likeness (QED) is 0.794. The second kappa shape index (κ2) is 3.67. The van der Waals surface area contributed by atoms with E-state index < -0.39 is 0 Å². The van der Waals surface area contributed by atoms with Crippen molar-refractivity contribution in [1.82, 2.24) is 9.78 Å². The number of hydrogen-bond acceptors (Lipinski definition) is 2. The van der Waals surface area contributed by atoms with Gasteiger partial charge in [-0.3, -0.25) is 4.68 Å². The second-order valence-corrected chi connectivity index (χ2v) is 4.38. The molecule has 0 spiro atoms. The predicted octanol–water partition coefficient (Wildman–Crippen LogP) is 2.59. The first-order chi connectivity index (χ1) is 7.49. The minimum atomic E-state index is 0.595. The molecule has 2 aromatic rings. The van der Waals surface area contributed by atoms with Gasteiger partial charge in [-0.1, -0.05) is 17.7 Å². The van der Waals surface area contributed by atoms with Gasteiger partial charge >= 0.3 is 0 Å². The van der Waals surface area contributed by atoms with Gasteiger partial charge in [-0.25, -0.2) is 0 Å². The molecule has 1 heterocycles. The first-order valence-electron chi connectivity index (χ1n) is 5.36. The molecule has 0 atom stereocenters. The molecule has 2 N–H and O–H groups in total. The average Bonchev–Trinajstić information content (AvgIpc) is 2.43. The molecular weight excluding hydrogens is 198 g/mol. The highest BCUT2D eigenvalue weighted by atomic mass is 15.3. The number of nitrogens with zero attached hydrogens (tertiary/aromatic N) is 2. The normalized spacial score (nSPS) is 10.8. The molecule has 84 valence electrons. The summed E-state index contributed by atoms with van der Waals surface area (Å²) in [5.74, 6) is 0.595. The Hall–Kier alpha value is -1.77. The summed E-state index contributed by atoms with van der Waals surface area (Å²) in [5.41, 5.74) is 11.9. The lowest BCUT2D eigenvalue weighted by Crippen LogP contribution is -1.93. The van der Waals surface area contributed by atoms with Crippen molar-refractivity contribution < 1.29 is 0 Å². The van der Waals surface area contributed by atoms with E-state index in [0.29, 0.717) is 5.82 Å². The number of benzene rings is 1. The standard InChI is InChI=1S/C13H17N3/c1-8-5-9(2)12(10(3)6-8)11-7-16(4)15-13(11)14/h5-7H,1-4H3,(H2,14,15). The fourth-order valence-corrected chi connectivity index (χ4v) is 2.30. The van der Waals surface area contributed by atoms with Crippen LogP contribution < -0.4 is 5.73 Å². The molecule has 0 saturated heterocycles. The lowest BCUT2D eigenvalue weighted by molar-refractivity contribution is 0.772. The number of aromatic nitrogens is 2. The smallest absolute Gasteiger partial charge is 0.153 e. The van der Waals surface area contributed by atoms with Crippen molar-refractivity contribution in [3.05, 3.63) is 35.0 Å². The molecular formula is C13H17N3. The number of nitrogens with two attached hydrogens (primary N) is 1. The molecule has 0 bridgehead atoms. The molecule has 0 radical (unpaired) electrons. The first kappa shape index (κ1) is 10.7. The van der Waals surface area contributed by atoms with Crippen molar-refractivity contribution in [1.29, 1.82) is 0 Å². The van der Waals surface area contributed by atoms with E-state index in [1.165, 1.54) is 22.3 Å². The van der Waals surface area contributed by atoms with Gasteiger partial charge in [0.1, 0.15) is 0 Å². The highest BCUT2D eigenvalue weighted by molar-refractivity contribution is 5.78. The molecule has 2 rings (SSSR count). The van der Waals surface area contributed by atoms with Crippen LogP contribution in [0.4, 0.5) is 5.82 Å². The highest BCUT2D eigenvalue weighted by Gasteiger charge is 2.12. The fraction of sp³-hybridized carbons (Fsp3) is 0.308. The number of hydrogen-bond donors (Lipinski definition) is 1. The Labute approximate surface area is 95.9 Å². The van der Waals surface area contributed by atoms with Crippen molar-refractivity contribution in [2.45, 2.75) is 20.8 Å². The SMILES string of the molecule is Cc1cc(C)c(-c2cn(C)nc2N)c(C)c1. The predicted molar refractivity (Wildman–Crippen MR) is 67.3 cm³/mol. The zero-order valence-corrected chi connectivity index (χ0v) is 10.2. The van der Waals surface area contributed by atoms with Crippen LogP contribution in [0.15, 0.2) is 18.3 Å². The van der Waals surface area contributed by atoms with Crippen molar-refractivity contribution in [2.24, 2.45) is 7.05 Å². The molecule has 0 aliphatic carbocycles. The summed E-state index contributed by atoms with van der Waals surface area (Å²) in [6.45, 7) is 6.33. The molecule has 0 unspecified atom stereocenters.